The Labute approximate surface area is 240 Å². The van der Waals surface area contributed by atoms with Gasteiger partial charge in [-0.3, -0.25) is 14.0 Å². The van der Waals surface area contributed by atoms with E-state index in [4.69, 9.17) is 0 Å². The number of sulfonamides is 1. The number of nitrogens with zero attached hydrogens (tertiary/aromatic N) is 5. The Morgan fingerprint density at radius 2 is 1.85 bits per heavy atom. The van der Waals surface area contributed by atoms with Crippen LogP contribution in [0.3, 0.4) is 0 Å². The van der Waals surface area contributed by atoms with E-state index in [9.17, 15) is 17.6 Å². The molecule has 1 fully saturated rings. The van der Waals surface area contributed by atoms with Gasteiger partial charge in [0.2, 0.25) is 5.91 Å². The second-order valence-electron chi connectivity index (χ2n) is 11.3. The molecule has 0 saturated carbocycles. The molecule has 1 aliphatic carbocycles. The van der Waals surface area contributed by atoms with E-state index < -0.39 is 28.1 Å². The van der Waals surface area contributed by atoms with E-state index in [1.165, 1.54) is 29.1 Å². The molecule has 1 saturated heterocycles. The van der Waals surface area contributed by atoms with Gasteiger partial charge in [-0.25, -0.2) is 17.5 Å². The zero-order valence-corrected chi connectivity index (χ0v) is 23.9. The van der Waals surface area contributed by atoms with Crippen molar-refractivity contribution in [2.75, 3.05) is 13.1 Å². The molecule has 9 nitrogen and oxygen atoms in total. The molecule has 3 aromatic rings. The number of aryl methyl sites for hydroxylation is 2. The van der Waals surface area contributed by atoms with Crippen molar-refractivity contribution in [3.8, 4) is 0 Å². The van der Waals surface area contributed by atoms with Crippen LogP contribution in [0.4, 0.5) is 4.39 Å². The van der Waals surface area contributed by atoms with Crippen molar-refractivity contribution >= 4 is 15.9 Å². The Balaban J connectivity index is 1.19. The van der Waals surface area contributed by atoms with Gasteiger partial charge >= 0.3 is 0 Å². The van der Waals surface area contributed by atoms with Gasteiger partial charge in [0, 0.05) is 44.7 Å². The lowest BCUT2D eigenvalue weighted by Gasteiger charge is -2.31. The summed E-state index contributed by atoms with van der Waals surface area (Å²) in [4.78, 5) is 15.3. The molecule has 2 aromatic carbocycles. The number of fused-ring (bicyclic) bond motifs is 1. The lowest BCUT2D eigenvalue weighted by Crippen LogP contribution is -2.50. The normalized spacial score (nSPS) is 22.0. The molecule has 216 valence electrons. The minimum Gasteiger partial charge on any atom is -0.329 e. The molecule has 3 heterocycles. The summed E-state index contributed by atoms with van der Waals surface area (Å²) in [5.74, 6) is -0.413. The molecule has 41 heavy (non-hydrogen) atoms. The van der Waals surface area contributed by atoms with Crippen molar-refractivity contribution in [3.05, 3.63) is 89.0 Å². The topological polar surface area (TPSA) is 100 Å². The molecule has 6 rings (SSSR count). The predicted molar refractivity (Wildman–Crippen MR) is 152 cm³/mol. The molecule has 1 amide bonds. The second kappa shape index (κ2) is 11.4. The third-order valence-corrected chi connectivity index (χ3v) is 10.1. The van der Waals surface area contributed by atoms with Crippen LogP contribution in [-0.2, 0) is 34.2 Å². The number of carbonyl (C=O) groups is 1. The maximum absolute atomic E-state index is 13.5. The van der Waals surface area contributed by atoms with Crippen LogP contribution in [0.2, 0.25) is 0 Å². The van der Waals surface area contributed by atoms with E-state index in [0.29, 0.717) is 18.5 Å². The van der Waals surface area contributed by atoms with Crippen molar-refractivity contribution in [1.29, 1.82) is 0 Å². The average molecular weight is 579 g/mol. The summed E-state index contributed by atoms with van der Waals surface area (Å²) in [6.07, 6.45) is 8.12. The highest BCUT2D eigenvalue weighted by atomic mass is 32.2. The fourth-order valence-corrected chi connectivity index (χ4v) is 7.51. The number of rotatable bonds is 7. The summed E-state index contributed by atoms with van der Waals surface area (Å²) < 4.78 is 43.4. The average Bonchev–Trinajstić information content (AvgIpc) is 3.43. The van der Waals surface area contributed by atoms with Crippen molar-refractivity contribution in [1.82, 2.24) is 29.5 Å². The quantitative estimate of drug-likeness (QED) is 0.460. The minimum absolute atomic E-state index is 0.0174. The van der Waals surface area contributed by atoms with E-state index in [-0.39, 0.29) is 17.4 Å². The first-order valence-corrected chi connectivity index (χ1v) is 15.7. The number of halogens is 1. The largest absolute Gasteiger partial charge is 0.329 e. The van der Waals surface area contributed by atoms with Crippen molar-refractivity contribution < 1.29 is 17.6 Å². The van der Waals surface area contributed by atoms with Crippen LogP contribution in [0.25, 0.3) is 0 Å². The molecule has 1 unspecified atom stereocenters. The standard InChI is InChI=1S/C30H35FN6O3S/c1-21-5-8-26(9-6-21)41(39,40)37-16-13-32-30(38)29(37)18-25-20-36(34-33-25)28-4-2-3-23-17-22(7-10-27(23)28)19-35-14-11-24(31)12-15-35/h5-10,13,16-17,20,24,28-29H,2-4,11-12,14-15,18-19H2,1H3,(H,32,38)/t28-,29?/m1/s1. The van der Waals surface area contributed by atoms with Gasteiger partial charge < -0.3 is 5.32 Å². The Hall–Kier alpha value is -3.57. The molecule has 2 aliphatic heterocycles. The minimum atomic E-state index is -3.94. The van der Waals surface area contributed by atoms with Crippen LogP contribution in [-0.4, -0.2) is 63.8 Å². The summed E-state index contributed by atoms with van der Waals surface area (Å²) in [5.41, 5.74) is 5.24. The number of alkyl halides is 1. The molecule has 1 N–H and O–H groups in total. The molecule has 11 heteroatoms. The number of likely N-dealkylation sites (tertiary alicyclic amines) is 1. The maximum atomic E-state index is 13.5. The van der Waals surface area contributed by atoms with E-state index in [1.54, 1.807) is 24.3 Å². The van der Waals surface area contributed by atoms with Gasteiger partial charge in [-0.2, -0.15) is 0 Å². The summed E-state index contributed by atoms with van der Waals surface area (Å²) in [6, 6.07) is 12.2. The molecule has 2 atom stereocenters. The van der Waals surface area contributed by atoms with Crippen LogP contribution in [0.5, 0.6) is 0 Å². The first kappa shape index (κ1) is 27.6. The molecule has 0 bridgehead atoms. The lowest BCUT2D eigenvalue weighted by molar-refractivity contribution is -0.124. The number of piperidine rings is 1. The lowest BCUT2D eigenvalue weighted by atomic mass is 9.86. The van der Waals surface area contributed by atoms with Gasteiger partial charge in [0.15, 0.2) is 0 Å². The molecule has 1 aromatic heterocycles. The fourth-order valence-electron chi connectivity index (χ4n) is 6.06. The van der Waals surface area contributed by atoms with E-state index in [0.717, 1.165) is 48.8 Å². The van der Waals surface area contributed by atoms with Crippen molar-refractivity contribution in [3.63, 3.8) is 0 Å². The van der Waals surface area contributed by atoms with E-state index in [1.807, 2.05) is 17.8 Å². The fraction of sp³-hybridized carbons (Fsp3) is 0.433. The summed E-state index contributed by atoms with van der Waals surface area (Å²) in [7, 11) is -3.94. The smallest absolute Gasteiger partial charge is 0.264 e. The van der Waals surface area contributed by atoms with Gasteiger partial charge in [-0.1, -0.05) is 41.1 Å². The monoisotopic (exact) mass is 578 g/mol. The zero-order chi connectivity index (χ0) is 28.6. The first-order chi connectivity index (χ1) is 19.8. The molecule has 3 aliphatic rings. The van der Waals surface area contributed by atoms with Crippen LogP contribution < -0.4 is 5.32 Å². The Bertz CT molecular complexity index is 1550. The molecule has 0 radical (unpaired) electrons. The predicted octanol–water partition coefficient (Wildman–Crippen LogP) is 3.65. The Morgan fingerprint density at radius 1 is 1.07 bits per heavy atom. The third kappa shape index (κ3) is 5.78. The van der Waals surface area contributed by atoms with Crippen LogP contribution in [0.1, 0.15) is 59.7 Å². The van der Waals surface area contributed by atoms with Gasteiger partial charge in [0.1, 0.15) is 12.2 Å². The number of aromatic nitrogens is 3. The summed E-state index contributed by atoms with van der Waals surface area (Å²) in [5, 5.41) is 11.4. The van der Waals surface area contributed by atoms with Gasteiger partial charge in [0.25, 0.3) is 10.0 Å². The molecule has 0 spiro atoms. The number of benzene rings is 2. The van der Waals surface area contributed by atoms with Gasteiger partial charge in [0.05, 0.1) is 16.6 Å². The third-order valence-electron chi connectivity index (χ3n) is 8.35. The number of hydrogen-bond acceptors (Lipinski definition) is 6. The zero-order valence-electron chi connectivity index (χ0n) is 23.1. The van der Waals surface area contributed by atoms with Gasteiger partial charge in [-0.15, -0.1) is 5.10 Å². The Morgan fingerprint density at radius 3 is 2.63 bits per heavy atom. The van der Waals surface area contributed by atoms with Crippen LogP contribution in [0, 0.1) is 6.92 Å². The highest BCUT2D eigenvalue weighted by Gasteiger charge is 2.36. The summed E-state index contributed by atoms with van der Waals surface area (Å²) >= 11 is 0. The maximum Gasteiger partial charge on any atom is 0.264 e. The number of hydrogen-bond donors (Lipinski definition) is 1. The van der Waals surface area contributed by atoms with Gasteiger partial charge in [-0.05, 0) is 67.9 Å². The summed E-state index contributed by atoms with van der Waals surface area (Å²) in [6.45, 7) is 4.30. The Kier molecular flexibility index (Phi) is 7.65. The second-order valence-corrected chi connectivity index (χ2v) is 13.1. The molecular formula is C30H35FN6O3S. The van der Waals surface area contributed by atoms with E-state index in [2.05, 4.69) is 38.7 Å². The van der Waals surface area contributed by atoms with Crippen molar-refractivity contribution in [2.45, 2.75) is 75.1 Å². The highest BCUT2D eigenvalue weighted by molar-refractivity contribution is 7.89. The number of nitrogens with one attached hydrogen (secondary N) is 1. The van der Waals surface area contributed by atoms with Crippen LogP contribution in [0.15, 0.2) is 66.0 Å². The molecular weight excluding hydrogens is 543 g/mol. The number of amides is 1. The van der Waals surface area contributed by atoms with Crippen LogP contribution >= 0.6 is 0 Å². The first-order valence-electron chi connectivity index (χ1n) is 14.2. The highest BCUT2D eigenvalue weighted by Crippen LogP contribution is 2.34. The van der Waals surface area contributed by atoms with Crippen molar-refractivity contribution in [2.24, 2.45) is 0 Å². The van der Waals surface area contributed by atoms with E-state index >= 15 is 0 Å². The number of carbonyl (C=O) groups excluding carboxylic acids is 1. The SMILES string of the molecule is Cc1ccc(S(=O)(=O)N2C=CNC(=O)C2Cc2cn([C@@H]3CCCc4cc(CN5CCC(F)CC5)ccc43)nn2)cc1.